The first-order valence-electron chi connectivity index (χ1n) is 8.16. The first-order chi connectivity index (χ1) is 12.6. The molecule has 0 aliphatic heterocycles. The van der Waals surface area contributed by atoms with Crippen molar-refractivity contribution in [1.82, 2.24) is 9.55 Å². The zero-order valence-electron chi connectivity index (χ0n) is 13.9. The fourth-order valence-electron chi connectivity index (χ4n) is 2.43. The van der Waals surface area contributed by atoms with Crippen molar-refractivity contribution in [2.24, 2.45) is 0 Å². The van der Waals surface area contributed by atoms with Crippen LogP contribution in [0.15, 0.2) is 60.9 Å². The number of anilines is 1. The van der Waals surface area contributed by atoms with Gasteiger partial charge in [-0.15, -0.1) is 0 Å². The lowest BCUT2D eigenvalue weighted by Gasteiger charge is -2.09. The fraction of sp³-hybridized carbons (Fsp3) is 0.158. The van der Waals surface area contributed by atoms with E-state index >= 15 is 0 Å². The summed E-state index contributed by atoms with van der Waals surface area (Å²) < 4.78 is 20.7. The Labute approximate surface area is 155 Å². The number of H-pyrrole nitrogens is 1. The minimum absolute atomic E-state index is 0.0949. The van der Waals surface area contributed by atoms with Gasteiger partial charge >= 0.3 is 0 Å². The molecular formula is C19H18FN3O2S. The van der Waals surface area contributed by atoms with E-state index in [9.17, 15) is 9.18 Å². The first-order valence-corrected chi connectivity index (χ1v) is 8.57. The zero-order valence-corrected chi connectivity index (χ0v) is 14.8. The van der Waals surface area contributed by atoms with Crippen LogP contribution in [-0.4, -0.2) is 22.1 Å². The third kappa shape index (κ3) is 4.80. The molecule has 0 fully saturated rings. The number of rotatable bonds is 7. The highest BCUT2D eigenvalue weighted by molar-refractivity contribution is 7.71. The number of nitrogens with one attached hydrogen (secondary N) is 2. The number of hydrogen-bond donors (Lipinski definition) is 2. The molecule has 2 aromatic carbocycles. The Hall–Kier alpha value is -2.93. The van der Waals surface area contributed by atoms with Crippen molar-refractivity contribution in [3.63, 3.8) is 0 Å². The fourth-order valence-corrected chi connectivity index (χ4v) is 2.67. The SMILES string of the molecule is O=C(CCCOc1ccc(F)cc1)Nc1cccc(-n2cc[nH]c2=S)c1. The molecule has 0 unspecified atom stereocenters. The summed E-state index contributed by atoms with van der Waals surface area (Å²) in [4.78, 5) is 15.0. The van der Waals surface area contributed by atoms with Crippen LogP contribution in [0.3, 0.4) is 0 Å². The van der Waals surface area contributed by atoms with E-state index in [0.29, 0.717) is 35.7 Å². The molecule has 0 bridgehead atoms. The molecule has 0 atom stereocenters. The second-order valence-electron chi connectivity index (χ2n) is 5.64. The second-order valence-corrected chi connectivity index (χ2v) is 6.03. The van der Waals surface area contributed by atoms with Crippen LogP contribution in [0, 0.1) is 10.6 Å². The smallest absolute Gasteiger partial charge is 0.224 e. The highest BCUT2D eigenvalue weighted by Crippen LogP contribution is 2.16. The van der Waals surface area contributed by atoms with Crippen molar-refractivity contribution in [3.05, 3.63) is 71.5 Å². The molecule has 3 aromatic rings. The number of aromatic amines is 1. The number of hydrogen-bond acceptors (Lipinski definition) is 3. The standard InChI is InChI=1S/C19H18FN3O2S/c20-14-6-8-17(9-7-14)25-12-2-5-18(24)22-15-3-1-4-16(13-15)23-11-10-21-19(23)26/h1,3-4,6-11,13H,2,5,12H2,(H,21,26)(H,22,24). The number of benzene rings is 2. The van der Waals surface area contributed by atoms with E-state index in [2.05, 4.69) is 10.3 Å². The van der Waals surface area contributed by atoms with Crippen molar-refractivity contribution >= 4 is 23.8 Å². The Bertz CT molecular complexity index is 934. The van der Waals surface area contributed by atoms with Crippen molar-refractivity contribution in [2.45, 2.75) is 12.8 Å². The number of carbonyl (C=O) groups excluding carboxylic acids is 1. The Morgan fingerprint density at radius 2 is 2.04 bits per heavy atom. The lowest BCUT2D eigenvalue weighted by Crippen LogP contribution is -2.13. The van der Waals surface area contributed by atoms with E-state index in [1.165, 1.54) is 12.1 Å². The molecule has 7 heteroatoms. The third-order valence-electron chi connectivity index (χ3n) is 3.69. The number of aromatic nitrogens is 2. The van der Waals surface area contributed by atoms with Gasteiger partial charge in [0, 0.05) is 30.2 Å². The molecule has 0 spiro atoms. The van der Waals surface area contributed by atoms with Crippen LogP contribution in [-0.2, 0) is 4.79 Å². The van der Waals surface area contributed by atoms with Crippen LogP contribution in [0.2, 0.25) is 0 Å². The molecule has 134 valence electrons. The summed E-state index contributed by atoms with van der Waals surface area (Å²) in [6.45, 7) is 0.387. The summed E-state index contributed by atoms with van der Waals surface area (Å²) in [5.41, 5.74) is 1.57. The molecule has 1 aromatic heterocycles. The van der Waals surface area contributed by atoms with Gasteiger partial charge in [-0.2, -0.15) is 0 Å². The number of imidazole rings is 1. The van der Waals surface area contributed by atoms with Crippen LogP contribution < -0.4 is 10.1 Å². The molecule has 26 heavy (non-hydrogen) atoms. The Kier molecular flexibility index (Phi) is 5.80. The molecule has 0 saturated carbocycles. The van der Waals surface area contributed by atoms with Gasteiger partial charge in [-0.25, -0.2) is 4.39 Å². The predicted octanol–water partition coefficient (Wildman–Crippen LogP) is 4.47. The third-order valence-corrected chi connectivity index (χ3v) is 4.00. The minimum Gasteiger partial charge on any atom is -0.494 e. The van der Waals surface area contributed by atoms with Crippen molar-refractivity contribution in [2.75, 3.05) is 11.9 Å². The Morgan fingerprint density at radius 3 is 2.77 bits per heavy atom. The summed E-state index contributed by atoms with van der Waals surface area (Å²) in [6.07, 6.45) is 4.48. The van der Waals surface area contributed by atoms with Crippen LogP contribution in [0.1, 0.15) is 12.8 Å². The molecule has 0 aliphatic carbocycles. The quantitative estimate of drug-likeness (QED) is 0.476. The Balaban J connectivity index is 1.48. The van der Waals surface area contributed by atoms with Gasteiger partial charge in [0.25, 0.3) is 0 Å². The summed E-state index contributed by atoms with van der Waals surface area (Å²) in [6, 6.07) is 13.3. The van der Waals surface area contributed by atoms with Crippen molar-refractivity contribution in [3.8, 4) is 11.4 Å². The normalized spacial score (nSPS) is 10.5. The zero-order chi connectivity index (χ0) is 18.4. The molecule has 1 amide bonds. The number of halogens is 1. The van der Waals surface area contributed by atoms with Crippen LogP contribution in [0.5, 0.6) is 5.75 Å². The Morgan fingerprint density at radius 1 is 1.23 bits per heavy atom. The molecule has 0 radical (unpaired) electrons. The van der Waals surface area contributed by atoms with Gasteiger partial charge in [0.2, 0.25) is 5.91 Å². The summed E-state index contributed by atoms with van der Waals surface area (Å²) in [7, 11) is 0. The van der Waals surface area contributed by atoms with Crippen LogP contribution in [0.4, 0.5) is 10.1 Å². The monoisotopic (exact) mass is 371 g/mol. The van der Waals surface area contributed by atoms with E-state index in [-0.39, 0.29) is 11.7 Å². The van der Waals surface area contributed by atoms with Crippen LogP contribution >= 0.6 is 12.2 Å². The average Bonchev–Trinajstić information content (AvgIpc) is 3.06. The molecule has 2 N–H and O–H groups in total. The molecule has 0 aliphatic rings. The van der Waals surface area contributed by atoms with Gasteiger partial charge in [-0.1, -0.05) is 6.07 Å². The second kappa shape index (κ2) is 8.44. The maximum atomic E-state index is 12.8. The van der Waals surface area contributed by atoms with E-state index in [0.717, 1.165) is 5.69 Å². The highest BCUT2D eigenvalue weighted by Gasteiger charge is 2.05. The van der Waals surface area contributed by atoms with Crippen LogP contribution in [0.25, 0.3) is 5.69 Å². The van der Waals surface area contributed by atoms with E-state index in [4.69, 9.17) is 17.0 Å². The highest BCUT2D eigenvalue weighted by atomic mass is 32.1. The van der Waals surface area contributed by atoms with Crippen molar-refractivity contribution < 1.29 is 13.9 Å². The van der Waals surface area contributed by atoms with Gasteiger partial charge in [0.1, 0.15) is 11.6 Å². The first kappa shape index (κ1) is 17.9. The summed E-state index contributed by atoms with van der Waals surface area (Å²) in [5, 5.41) is 2.87. The lowest BCUT2D eigenvalue weighted by atomic mass is 10.2. The number of amides is 1. The lowest BCUT2D eigenvalue weighted by molar-refractivity contribution is -0.116. The van der Waals surface area contributed by atoms with E-state index < -0.39 is 0 Å². The molecule has 0 saturated heterocycles. The summed E-state index contributed by atoms with van der Waals surface area (Å²) >= 11 is 5.20. The maximum Gasteiger partial charge on any atom is 0.224 e. The molecule has 1 heterocycles. The predicted molar refractivity (Wildman–Crippen MR) is 101 cm³/mol. The van der Waals surface area contributed by atoms with E-state index in [1.54, 1.807) is 18.3 Å². The topological polar surface area (TPSA) is 59.0 Å². The summed E-state index contributed by atoms with van der Waals surface area (Å²) in [5.74, 6) is 0.185. The maximum absolute atomic E-state index is 12.8. The van der Waals surface area contributed by atoms with Crippen molar-refractivity contribution in [1.29, 1.82) is 0 Å². The van der Waals surface area contributed by atoms with Gasteiger partial charge in [0.05, 0.1) is 6.61 Å². The number of carbonyl (C=O) groups is 1. The molecule has 3 rings (SSSR count). The van der Waals surface area contributed by atoms with E-state index in [1.807, 2.05) is 35.0 Å². The van der Waals surface area contributed by atoms with Gasteiger partial charge in [-0.3, -0.25) is 9.36 Å². The minimum atomic E-state index is -0.306. The van der Waals surface area contributed by atoms with Gasteiger partial charge in [-0.05, 0) is 61.1 Å². The molecular weight excluding hydrogens is 353 g/mol. The van der Waals surface area contributed by atoms with Gasteiger partial charge in [0.15, 0.2) is 4.77 Å². The number of nitrogens with zero attached hydrogens (tertiary/aromatic N) is 1. The average molecular weight is 371 g/mol. The van der Waals surface area contributed by atoms with Gasteiger partial charge < -0.3 is 15.0 Å². The number of ether oxygens (including phenoxy) is 1. The molecule has 5 nitrogen and oxygen atoms in total. The largest absolute Gasteiger partial charge is 0.494 e.